The van der Waals surface area contributed by atoms with E-state index in [-0.39, 0.29) is 17.1 Å². The average Bonchev–Trinajstić information content (AvgIpc) is 3.49. The number of Topliss-reactive ketones (excluding diaryl/α,β-unsaturated/α-hetero) is 1. The van der Waals surface area contributed by atoms with Gasteiger partial charge in [0.05, 0.1) is 5.75 Å². The molecule has 0 unspecified atom stereocenters. The second-order valence-corrected chi connectivity index (χ2v) is 9.17. The highest BCUT2D eigenvalue weighted by molar-refractivity contribution is 7.99. The fourth-order valence-corrected chi connectivity index (χ4v) is 4.64. The highest BCUT2D eigenvalue weighted by Gasteiger charge is 2.33. The first kappa shape index (κ1) is 20.7. The van der Waals surface area contributed by atoms with E-state index in [2.05, 4.69) is 26.6 Å². The zero-order chi connectivity index (χ0) is 21.6. The Kier molecular flexibility index (Phi) is 5.48. The summed E-state index contributed by atoms with van der Waals surface area (Å²) in [6.45, 7) is 4.19. The van der Waals surface area contributed by atoms with E-state index >= 15 is 0 Å². The van der Waals surface area contributed by atoms with Crippen molar-refractivity contribution in [2.24, 2.45) is 20.0 Å². The summed E-state index contributed by atoms with van der Waals surface area (Å²) in [6, 6.07) is 0.363. The van der Waals surface area contributed by atoms with Crippen LogP contribution >= 0.6 is 11.8 Å². The molecule has 2 aromatic heterocycles. The molecule has 1 aliphatic carbocycles. The first-order valence-corrected chi connectivity index (χ1v) is 11.2. The van der Waals surface area contributed by atoms with E-state index in [1.165, 1.54) is 25.9 Å². The lowest BCUT2D eigenvalue weighted by atomic mass is 10.00. The molecule has 30 heavy (non-hydrogen) atoms. The van der Waals surface area contributed by atoms with Crippen LogP contribution < -0.4 is 21.9 Å². The lowest BCUT2D eigenvalue weighted by Crippen LogP contribution is -2.41. The normalized spacial score (nSPS) is 17.5. The Morgan fingerprint density at radius 2 is 1.77 bits per heavy atom. The average molecular weight is 434 g/mol. The molecule has 2 N–H and O–H groups in total. The number of carbonyl (C=O) groups is 1. The van der Waals surface area contributed by atoms with Crippen molar-refractivity contribution in [3.63, 3.8) is 0 Å². The molecule has 1 aliphatic heterocycles. The Morgan fingerprint density at radius 3 is 2.40 bits per heavy atom. The molecule has 0 amide bonds. The van der Waals surface area contributed by atoms with Gasteiger partial charge in [0.25, 0.3) is 5.56 Å². The van der Waals surface area contributed by atoms with Crippen LogP contribution in [0.5, 0.6) is 0 Å². The third-order valence-corrected chi connectivity index (χ3v) is 6.89. The van der Waals surface area contributed by atoms with Gasteiger partial charge in [-0.2, -0.15) is 0 Å². The number of carbonyl (C=O) groups excluding carboxylic acids is 1. The van der Waals surface area contributed by atoms with Crippen molar-refractivity contribution in [2.75, 3.05) is 29.5 Å². The lowest BCUT2D eigenvalue weighted by Gasteiger charge is -2.31. The Hall–Kier alpha value is -2.56. The minimum Gasteiger partial charge on any atom is -0.384 e. The van der Waals surface area contributed by atoms with E-state index < -0.39 is 17.0 Å². The van der Waals surface area contributed by atoms with Crippen LogP contribution in [0, 0.1) is 5.92 Å². The number of hydrogen-bond donors (Lipinski definition) is 1. The summed E-state index contributed by atoms with van der Waals surface area (Å²) in [5.41, 5.74) is 4.51. The van der Waals surface area contributed by atoms with Gasteiger partial charge in [-0.05, 0) is 31.6 Å². The lowest BCUT2D eigenvalue weighted by molar-refractivity contribution is 0.102. The van der Waals surface area contributed by atoms with Crippen LogP contribution in [0.1, 0.15) is 49.0 Å². The molecule has 0 radical (unpaired) electrons. The van der Waals surface area contributed by atoms with Gasteiger partial charge in [0.1, 0.15) is 11.4 Å². The van der Waals surface area contributed by atoms with E-state index in [9.17, 15) is 14.4 Å². The van der Waals surface area contributed by atoms with E-state index in [0.29, 0.717) is 11.2 Å². The zero-order valence-corrected chi connectivity index (χ0v) is 18.3. The molecule has 1 saturated heterocycles. The van der Waals surface area contributed by atoms with Gasteiger partial charge in [0.15, 0.2) is 10.9 Å². The van der Waals surface area contributed by atoms with Gasteiger partial charge >= 0.3 is 5.69 Å². The maximum atomic E-state index is 12.8. The van der Waals surface area contributed by atoms with Crippen LogP contribution in [0.4, 0.5) is 11.8 Å². The number of aromatic nitrogens is 5. The Labute approximate surface area is 178 Å². The fourth-order valence-electron chi connectivity index (χ4n) is 3.77. The molecular weight excluding hydrogens is 406 g/mol. The largest absolute Gasteiger partial charge is 0.384 e. The molecule has 11 heteroatoms. The molecule has 0 bridgehead atoms. The number of anilines is 2. The number of thioether (sulfide) groups is 1. The summed E-state index contributed by atoms with van der Waals surface area (Å²) in [5.74, 6) is 1.06. The standard InChI is InChI=1S/C19H27N7O3S/c1-11-6-8-25(9-7-11)17-21-22-18(26(17)12-4-5-12)30-10-13(27)14-15(20)23(2)19(29)24(3)16(14)28/h11-12H,4-10,20H2,1-3H3. The van der Waals surface area contributed by atoms with Gasteiger partial charge in [0.2, 0.25) is 5.95 Å². The quantitative estimate of drug-likeness (QED) is 0.525. The Bertz CT molecular complexity index is 1090. The molecule has 2 fully saturated rings. The molecule has 0 spiro atoms. The molecule has 2 aliphatic rings. The molecule has 2 aromatic rings. The Morgan fingerprint density at radius 1 is 1.10 bits per heavy atom. The maximum Gasteiger partial charge on any atom is 0.332 e. The van der Waals surface area contributed by atoms with Gasteiger partial charge in [0, 0.05) is 33.2 Å². The third kappa shape index (κ3) is 3.66. The van der Waals surface area contributed by atoms with Gasteiger partial charge in [-0.15, -0.1) is 10.2 Å². The topological polar surface area (TPSA) is 121 Å². The van der Waals surface area contributed by atoms with Crippen molar-refractivity contribution in [3.8, 4) is 0 Å². The van der Waals surface area contributed by atoms with Crippen LogP contribution in [0.15, 0.2) is 14.7 Å². The van der Waals surface area contributed by atoms with E-state index in [4.69, 9.17) is 5.73 Å². The van der Waals surface area contributed by atoms with E-state index in [1.54, 1.807) is 0 Å². The SMILES string of the molecule is CC1CCN(c2nnc(SCC(=O)c3c(N)n(C)c(=O)n(C)c3=O)n2C2CC2)CC1. The van der Waals surface area contributed by atoms with Crippen LogP contribution in [0.25, 0.3) is 0 Å². The van der Waals surface area contributed by atoms with Crippen LogP contribution in [0.3, 0.4) is 0 Å². The molecule has 162 valence electrons. The molecular formula is C19H27N7O3S. The van der Waals surface area contributed by atoms with Crippen molar-refractivity contribution in [1.29, 1.82) is 0 Å². The first-order chi connectivity index (χ1) is 14.3. The highest BCUT2D eigenvalue weighted by atomic mass is 32.2. The van der Waals surface area contributed by atoms with Crippen LogP contribution in [0.2, 0.25) is 0 Å². The predicted octanol–water partition coefficient (Wildman–Crippen LogP) is 0.804. The number of rotatable bonds is 6. The number of nitrogens with zero attached hydrogens (tertiary/aromatic N) is 6. The molecule has 4 rings (SSSR count). The minimum absolute atomic E-state index is 0.000465. The summed E-state index contributed by atoms with van der Waals surface area (Å²) in [5, 5.41) is 9.45. The van der Waals surface area contributed by atoms with Crippen LogP contribution in [-0.4, -0.2) is 48.5 Å². The molecule has 1 saturated carbocycles. The molecule has 0 aromatic carbocycles. The smallest absolute Gasteiger partial charge is 0.332 e. The van der Waals surface area contributed by atoms with Gasteiger partial charge < -0.3 is 10.6 Å². The molecule has 10 nitrogen and oxygen atoms in total. The first-order valence-electron chi connectivity index (χ1n) is 10.2. The number of piperidine rings is 1. The van der Waals surface area contributed by atoms with E-state index in [0.717, 1.165) is 59.8 Å². The van der Waals surface area contributed by atoms with E-state index in [1.807, 2.05) is 0 Å². The number of nitrogens with two attached hydrogens (primary N) is 1. The molecule has 0 atom stereocenters. The number of nitrogen functional groups attached to an aromatic ring is 1. The van der Waals surface area contributed by atoms with Gasteiger partial charge in [-0.1, -0.05) is 18.7 Å². The second-order valence-electron chi connectivity index (χ2n) is 8.23. The predicted molar refractivity (Wildman–Crippen MR) is 115 cm³/mol. The van der Waals surface area contributed by atoms with Crippen molar-refractivity contribution in [2.45, 2.75) is 43.8 Å². The number of ketones is 1. The summed E-state index contributed by atoms with van der Waals surface area (Å²) in [7, 11) is 2.78. The maximum absolute atomic E-state index is 12.8. The monoisotopic (exact) mass is 433 g/mol. The summed E-state index contributed by atoms with van der Waals surface area (Å²) < 4.78 is 4.15. The highest BCUT2D eigenvalue weighted by Crippen LogP contribution is 2.41. The number of hydrogen-bond acceptors (Lipinski definition) is 8. The van der Waals surface area contributed by atoms with Crippen molar-refractivity contribution >= 4 is 29.3 Å². The van der Waals surface area contributed by atoms with Crippen molar-refractivity contribution in [1.82, 2.24) is 23.9 Å². The van der Waals surface area contributed by atoms with Crippen molar-refractivity contribution < 1.29 is 4.79 Å². The van der Waals surface area contributed by atoms with Crippen molar-refractivity contribution in [3.05, 3.63) is 26.4 Å². The Balaban J connectivity index is 1.56. The van der Waals surface area contributed by atoms with Crippen LogP contribution in [-0.2, 0) is 14.1 Å². The molecule has 3 heterocycles. The second kappa shape index (κ2) is 7.93. The zero-order valence-electron chi connectivity index (χ0n) is 17.5. The summed E-state index contributed by atoms with van der Waals surface area (Å²) in [6.07, 6.45) is 4.41. The third-order valence-electron chi connectivity index (χ3n) is 5.95. The summed E-state index contributed by atoms with van der Waals surface area (Å²) in [4.78, 5) is 39.5. The minimum atomic E-state index is -0.673. The van der Waals surface area contributed by atoms with Gasteiger partial charge in [-0.25, -0.2) is 4.79 Å². The summed E-state index contributed by atoms with van der Waals surface area (Å²) >= 11 is 1.26. The fraction of sp³-hybridized carbons (Fsp3) is 0.632. The van der Waals surface area contributed by atoms with Gasteiger partial charge in [-0.3, -0.25) is 23.3 Å².